The second kappa shape index (κ2) is 42.5. The number of amides is 4. The Hall–Kier alpha value is -6.33. The molecule has 0 bridgehead atoms. The molecule has 0 unspecified atom stereocenters. The van der Waals surface area contributed by atoms with Gasteiger partial charge in [0.25, 0.3) is 23.6 Å². The van der Waals surface area contributed by atoms with Crippen molar-refractivity contribution in [3.05, 3.63) is 136 Å². The predicted octanol–water partition coefficient (Wildman–Crippen LogP) is 17.0. The molecule has 6 rings (SSSR count). The zero-order valence-corrected chi connectivity index (χ0v) is 56.5. The second-order valence-electron chi connectivity index (χ2n) is 26.9. The highest BCUT2D eigenvalue weighted by atomic mass is 32.1. The largest absolute Gasteiger partial charge is 0.459 e. The Morgan fingerprint density at radius 2 is 0.894 bits per heavy atom. The second-order valence-corrected chi connectivity index (χ2v) is 28.8. The molecule has 0 aliphatic rings. The van der Waals surface area contributed by atoms with Crippen LogP contribution in [0.2, 0.25) is 0 Å². The Bertz CT molecular complexity index is 2560. The number of anilines is 2. The van der Waals surface area contributed by atoms with Crippen LogP contribution in [-0.2, 0) is 0 Å². The van der Waals surface area contributed by atoms with Gasteiger partial charge in [-0.2, -0.15) is 5.10 Å². The molecule has 0 atom stereocenters. The van der Waals surface area contributed by atoms with Crippen LogP contribution in [0.3, 0.4) is 0 Å². The smallest absolute Gasteiger partial charge is 0.286 e. The standard InChI is InChI=1S/C14H21NO.C13H21NO2.C12H19NOS.C11H19N3.C10H19N3.C8H11NOS/c1-14(2,3)10-7-11-15-13(16)12-8-5-4-6-9-12;1-13(2,3)8-4-5-9-14-12(15)11-7-6-10-16-11;1-12(2,3)7-5-8-13-11(14)10-6-4-9-15-10;1-11(2,3)6-4-7-12-10-13-8-5-9-14-10;1-10(2,3)6-4-7-11-9-5-8-12-13-9;1-2-5-9-8(10)7-4-3-6-11-7/h4-6,8-9H,7,10-11H2,1-3H3,(H,15,16);6-7,10H,4-5,8-9H2,1-3H3,(H,14,15);4,6,9H,5,7-8H2,1-3H3,(H,13,14);5,8-9H,4,6-7H2,1-3H3,(H,12,13,14);5,8H,4,6-7H2,1-3H3,(H2,11,12,13);3-4,6H,2,5H2,1H3,(H,9,10). The lowest BCUT2D eigenvalue weighted by Gasteiger charge is -2.17. The van der Waals surface area contributed by atoms with Crippen molar-refractivity contribution in [2.45, 2.75) is 188 Å². The Kier molecular flexibility index (Phi) is 38.3. The van der Waals surface area contributed by atoms with Crippen LogP contribution < -0.4 is 31.9 Å². The summed E-state index contributed by atoms with van der Waals surface area (Å²) in [7, 11) is 0. The van der Waals surface area contributed by atoms with E-state index in [-0.39, 0.29) is 23.6 Å². The lowest BCUT2D eigenvalue weighted by Crippen LogP contribution is -2.25. The average molecular weight is 1210 g/mol. The minimum atomic E-state index is -0.124. The summed E-state index contributed by atoms with van der Waals surface area (Å²) < 4.78 is 4.99. The van der Waals surface area contributed by atoms with Crippen molar-refractivity contribution < 1.29 is 23.6 Å². The van der Waals surface area contributed by atoms with Gasteiger partial charge in [-0.1, -0.05) is 148 Å². The van der Waals surface area contributed by atoms with Crippen LogP contribution in [0, 0.1) is 27.1 Å². The molecule has 0 spiro atoms. The minimum Gasteiger partial charge on any atom is -0.459 e. The SMILES string of the molecule is CC(C)(C)CCCCNC(=O)c1ccco1.CC(C)(C)CCCNC(=O)c1ccccc1.CC(C)(C)CCCNC(=O)c1cccs1.CC(C)(C)CCCNc1ccn[nH]1.CC(C)(C)CCCNc1ncccn1.CCCNC(=O)c1cccs1. The van der Waals surface area contributed by atoms with Gasteiger partial charge >= 0.3 is 0 Å². The van der Waals surface area contributed by atoms with Crippen LogP contribution >= 0.6 is 22.7 Å². The minimum absolute atomic E-state index is 0.0227. The third kappa shape index (κ3) is 45.7. The number of hydrogen-bond acceptors (Lipinski definition) is 12. The average Bonchev–Trinajstić information content (AvgIpc) is 4.40. The molecule has 5 heterocycles. The van der Waals surface area contributed by atoms with Crippen molar-refractivity contribution in [1.29, 1.82) is 0 Å². The van der Waals surface area contributed by atoms with Gasteiger partial charge in [0.15, 0.2) is 5.76 Å². The molecule has 0 saturated carbocycles. The van der Waals surface area contributed by atoms with Gasteiger partial charge in [0.1, 0.15) is 5.82 Å². The Balaban J connectivity index is 0.000000512. The van der Waals surface area contributed by atoms with E-state index in [1.807, 2.05) is 84.4 Å². The van der Waals surface area contributed by atoms with Crippen molar-refractivity contribution in [3.63, 3.8) is 0 Å². The fourth-order valence-electron chi connectivity index (χ4n) is 7.44. The Morgan fingerprint density at radius 3 is 1.33 bits per heavy atom. The molecule has 4 amide bonds. The molecule has 0 fully saturated rings. The highest BCUT2D eigenvalue weighted by Crippen LogP contribution is 2.23. The van der Waals surface area contributed by atoms with E-state index in [1.165, 1.54) is 54.6 Å². The van der Waals surface area contributed by atoms with Gasteiger partial charge in [0, 0.05) is 57.2 Å². The van der Waals surface area contributed by atoms with Crippen molar-refractivity contribution in [2.75, 3.05) is 49.9 Å². The number of carbonyl (C=O) groups excluding carboxylic acids is 4. The number of thiophene rings is 2. The summed E-state index contributed by atoms with van der Waals surface area (Å²) in [5.41, 5.74) is 2.67. The normalized spacial score (nSPS) is 11.2. The maximum absolute atomic E-state index is 11.7. The van der Waals surface area contributed by atoms with E-state index in [4.69, 9.17) is 4.42 Å². The van der Waals surface area contributed by atoms with Crippen LogP contribution in [0.15, 0.2) is 119 Å². The number of unbranched alkanes of at least 4 members (excludes halogenated alkanes) is 1. The summed E-state index contributed by atoms with van der Waals surface area (Å²) in [6.07, 6.45) is 20.2. The van der Waals surface area contributed by atoms with E-state index in [2.05, 4.69) is 156 Å². The number of nitrogens with one attached hydrogen (secondary N) is 7. The van der Waals surface area contributed by atoms with Crippen LogP contribution in [0.4, 0.5) is 11.8 Å². The summed E-state index contributed by atoms with van der Waals surface area (Å²) in [4.78, 5) is 55.6. The van der Waals surface area contributed by atoms with E-state index in [0.717, 1.165) is 118 Å². The zero-order valence-electron chi connectivity index (χ0n) is 54.9. The van der Waals surface area contributed by atoms with Gasteiger partial charge in [-0.3, -0.25) is 24.3 Å². The van der Waals surface area contributed by atoms with E-state index in [0.29, 0.717) is 32.8 Å². The quantitative estimate of drug-likeness (QED) is 0.0285. The maximum Gasteiger partial charge on any atom is 0.286 e. The molecule has 0 aliphatic carbocycles. The van der Waals surface area contributed by atoms with Gasteiger partial charge in [-0.15, -0.1) is 22.7 Å². The Labute approximate surface area is 520 Å². The molecule has 0 radical (unpaired) electrons. The molecular formula is C68H110N10O5S2. The summed E-state index contributed by atoms with van der Waals surface area (Å²) in [5.74, 6) is 2.11. The van der Waals surface area contributed by atoms with Crippen molar-refractivity contribution in [3.8, 4) is 0 Å². The molecule has 1 aromatic carbocycles. The summed E-state index contributed by atoms with van der Waals surface area (Å²) in [5, 5.41) is 28.5. The third-order valence-electron chi connectivity index (χ3n) is 12.1. The number of carbonyl (C=O) groups is 4. The van der Waals surface area contributed by atoms with Crippen LogP contribution in [-0.4, -0.2) is 83.1 Å². The number of nitrogens with zero attached hydrogens (tertiary/aromatic N) is 3. The van der Waals surface area contributed by atoms with E-state index >= 15 is 0 Å². The first-order valence-corrected chi connectivity index (χ1v) is 32.3. The van der Waals surface area contributed by atoms with E-state index < -0.39 is 0 Å². The summed E-state index contributed by atoms with van der Waals surface area (Å²) in [6, 6.07) is 23.9. The van der Waals surface area contributed by atoms with Crippen LogP contribution in [0.25, 0.3) is 0 Å². The van der Waals surface area contributed by atoms with Gasteiger partial charge < -0.3 is 36.3 Å². The monoisotopic (exact) mass is 1210 g/mol. The summed E-state index contributed by atoms with van der Waals surface area (Å²) >= 11 is 2.95. The summed E-state index contributed by atoms with van der Waals surface area (Å²) in [6.45, 7) is 40.6. The van der Waals surface area contributed by atoms with Gasteiger partial charge in [0.05, 0.1) is 22.2 Å². The molecule has 15 nitrogen and oxygen atoms in total. The molecule has 17 heteroatoms. The molecule has 0 saturated heterocycles. The number of furan rings is 1. The van der Waals surface area contributed by atoms with E-state index in [1.54, 1.807) is 30.7 Å². The van der Waals surface area contributed by atoms with Gasteiger partial charge in [0.2, 0.25) is 5.95 Å². The van der Waals surface area contributed by atoms with Crippen molar-refractivity contribution in [1.82, 2.24) is 41.4 Å². The number of aromatic amines is 1. The fraction of sp³-hybridized carbons (Fsp3) is 0.574. The predicted molar refractivity (Wildman–Crippen MR) is 359 cm³/mol. The maximum atomic E-state index is 11.7. The number of hydrogen-bond donors (Lipinski definition) is 7. The third-order valence-corrected chi connectivity index (χ3v) is 13.8. The number of H-pyrrole nitrogens is 1. The van der Waals surface area contributed by atoms with Crippen LogP contribution in [0.5, 0.6) is 0 Å². The molecule has 85 heavy (non-hydrogen) atoms. The Morgan fingerprint density at radius 1 is 0.447 bits per heavy atom. The first kappa shape index (κ1) is 76.7. The number of rotatable bonds is 24. The lowest BCUT2D eigenvalue weighted by molar-refractivity contribution is 0.0921. The molecular weight excluding hydrogens is 1100 g/mol. The van der Waals surface area contributed by atoms with E-state index in [9.17, 15) is 19.2 Å². The number of benzene rings is 1. The van der Waals surface area contributed by atoms with Crippen LogP contribution in [0.1, 0.15) is 228 Å². The molecule has 5 aromatic heterocycles. The van der Waals surface area contributed by atoms with Crippen molar-refractivity contribution in [2.24, 2.45) is 27.1 Å². The zero-order chi connectivity index (χ0) is 63.6. The highest BCUT2D eigenvalue weighted by Gasteiger charge is 2.14. The first-order valence-electron chi connectivity index (χ1n) is 30.5. The van der Waals surface area contributed by atoms with Gasteiger partial charge in [-0.05, 0) is 157 Å². The first-order chi connectivity index (χ1) is 40.0. The molecule has 7 N–H and O–H groups in total. The number of aromatic nitrogens is 4. The fourth-order valence-corrected chi connectivity index (χ4v) is 8.72. The highest BCUT2D eigenvalue weighted by molar-refractivity contribution is 7.12. The molecule has 0 aliphatic heterocycles. The van der Waals surface area contributed by atoms with Gasteiger partial charge in [-0.25, -0.2) is 9.97 Å². The molecule has 6 aromatic rings. The van der Waals surface area contributed by atoms with Crippen molar-refractivity contribution >= 4 is 58.1 Å². The topological polar surface area (TPSA) is 208 Å². The molecule has 474 valence electrons. The lowest BCUT2D eigenvalue weighted by atomic mass is 9.90.